The van der Waals surface area contributed by atoms with Gasteiger partial charge in [-0.2, -0.15) is 0 Å². The molecular weight excluding hydrogens is 518 g/mol. The van der Waals surface area contributed by atoms with E-state index in [1.54, 1.807) is 0 Å². The van der Waals surface area contributed by atoms with Crippen LogP contribution in [0.3, 0.4) is 0 Å². The molecular formula is C35H41N7. The smallest absolute Gasteiger partial charge is 0.170 e. The molecule has 216 valence electrons. The quantitative estimate of drug-likeness (QED) is 0.200. The van der Waals surface area contributed by atoms with Gasteiger partial charge >= 0.3 is 0 Å². The zero-order valence-corrected chi connectivity index (χ0v) is 25.2. The lowest BCUT2D eigenvalue weighted by atomic mass is 10.1. The van der Waals surface area contributed by atoms with E-state index in [1.807, 2.05) is 43.3 Å². The Morgan fingerprint density at radius 1 is 0.810 bits per heavy atom. The minimum atomic E-state index is 0.536. The van der Waals surface area contributed by atoms with E-state index in [0.29, 0.717) is 6.04 Å². The maximum atomic E-state index is 5.09. The van der Waals surface area contributed by atoms with Crippen LogP contribution in [0.4, 0.5) is 11.5 Å². The van der Waals surface area contributed by atoms with Gasteiger partial charge in [0.25, 0.3) is 0 Å². The molecule has 0 radical (unpaired) electrons. The first-order valence-electron chi connectivity index (χ1n) is 15.2. The van der Waals surface area contributed by atoms with Crippen molar-refractivity contribution >= 4 is 22.7 Å². The second-order valence-corrected chi connectivity index (χ2v) is 11.4. The van der Waals surface area contributed by atoms with E-state index in [2.05, 4.69) is 82.9 Å². The number of aryl methyl sites for hydroxylation is 2. The fourth-order valence-corrected chi connectivity index (χ4v) is 6.06. The van der Waals surface area contributed by atoms with Crippen molar-refractivity contribution in [3.05, 3.63) is 95.8 Å². The van der Waals surface area contributed by atoms with E-state index in [0.717, 1.165) is 85.4 Å². The molecule has 7 nitrogen and oxygen atoms in total. The third-order valence-electron chi connectivity index (χ3n) is 8.51. The molecule has 5 aromatic rings. The Kier molecular flexibility index (Phi) is 8.20. The van der Waals surface area contributed by atoms with Crippen molar-refractivity contribution < 1.29 is 0 Å². The summed E-state index contributed by atoms with van der Waals surface area (Å²) in [7, 11) is 0. The molecule has 7 heteroatoms. The summed E-state index contributed by atoms with van der Waals surface area (Å²) >= 11 is 0. The number of imidazole rings is 1. The van der Waals surface area contributed by atoms with Gasteiger partial charge in [-0.1, -0.05) is 60.7 Å². The van der Waals surface area contributed by atoms with E-state index in [-0.39, 0.29) is 0 Å². The number of unbranched alkanes of at least 4 members (excludes halogenated alkanes) is 1. The molecule has 0 amide bonds. The van der Waals surface area contributed by atoms with E-state index < -0.39 is 0 Å². The van der Waals surface area contributed by atoms with Crippen molar-refractivity contribution in [3.8, 4) is 17.1 Å². The van der Waals surface area contributed by atoms with Crippen LogP contribution in [0.2, 0.25) is 0 Å². The molecule has 0 spiro atoms. The molecule has 2 aromatic heterocycles. The fraction of sp³-hybridized carbons (Fsp3) is 0.343. The maximum Gasteiger partial charge on any atom is 0.170 e. The highest BCUT2D eigenvalue weighted by Crippen LogP contribution is 2.31. The first-order chi connectivity index (χ1) is 20.5. The van der Waals surface area contributed by atoms with Gasteiger partial charge in [-0.05, 0) is 76.4 Å². The lowest BCUT2D eigenvalue weighted by Crippen LogP contribution is -2.52. The molecule has 0 aliphatic carbocycles. The SMILES string of the molecule is Cc1nc(NCCCCN2CCN(c3cccc(C)c3C)C[C@H]2C)c2nc(-c3ccccc3)n(-c3ccccc3)c2n1. The van der Waals surface area contributed by atoms with Crippen molar-refractivity contribution in [2.75, 3.05) is 42.9 Å². The van der Waals surface area contributed by atoms with Crippen molar-refractivity contribution in [1.82, 2.24) is 24.4 Å². The number of fused-ring (bicyclic) bond motifs is 1. The number of benzene rings is 3. The lowest BCUT2D eigenvalue weighted by Gasteiger charge is -2.41. The summed E-state index contributed by atoms with van der Waals surface area (Å²) in [5.41, 5.74) is 7.88. The Balaban J connectivity index is 1.12. The largest absolute Gasteiger partial charge is 0.368 e. The highest BCUT2D eigenvalue weighted by atomic mass is 15.3. The van der Waals surface area contributed by atoms with Crippen LogP contribution in [-0.4, -0.2) is 63.2 Å². The molecule has 1 saturated heterocycles. The van der Waals surface area contributed by atoms with Gasteiger partial charge in [0.15, 0.2) is 17.0 Å². The summed E-state index contributed by atoms with van der Waals surface area (Å²) in [6, 6.07) is 27.8. The summed E-state index contributed by atoms with van der Waals surface area (Å²) in [6.45, 7) is 14.0. The Morgan fingerprint density at radius 2 is 1.57 bits per heavy atom. The average Bonchev–Trinajstić information content (AvgIpc) is 3.39. The van der Waals surface area contributed by atoms with Crippen LogP contribution in [0.1, 0.15) is 36.7 Å². The number of rotatable bonds is 9. The molecule has 1 atom stereocenters. The molecule has 0 unspecified atom stereocenters. The topological polar surface area (TPSA) is 62.1 Å². The lowest BCUT2D eigenvalue weighted by molar-refractivity contribution is 0.186. The second kappa shape index (κ2) is 12.3. The number of nitrogens with zero attached hydrogens (tertiary/aromatic N) is 6. The van der Waals surface area contributed by atoms with Gasteiger partial charge in [-0.15, -0.1) is 0 Å². The number of nitrogens with one attached hydrogen (secondary N) is 1. The van der Waals surface area contributed by atoms with Crippen molar-refractivity contribution in [2.45, 2.75) is 46.6 Å². The van der Waals surface area contributed by atoms with Crippen LogP contribution < -0.4 is 10.2 Å². The molecule has 0 saturated carbocycles. The maximum absolute atomic E-state index is 5.09. The van der Waals surface area contributed by atoms with Gasteiger partial charge in [-0.3, -0.25) is 9.47 Å². The van der Waals surface area contributed by atoms with Crippen molar-refractivity contribution in [2.24, 2.45) is 0 Å². The van der Waals surface area contributed by atoms with Crippen LogP contribution >= 0.6 is 0 Å². The Hall–Kier alpha value is -4.23. The van der Waals surface area contributed by atoms with Crippen LogP contribution in [0.15, 0.2) is 78.9 Å². The molecule has 1 fully saturated rings. The molecule has 42 heavy (non-hydrogen) atoms. The standard InChI is InChI=1S/C35H41N7/c1-25-14-13-19-31(27(25)3)41-23-22-40(26(2)24-41)21-12-11-20-36-33-32-35(38-28(4)37-33)42(30-17-9-6-10-18-30)34(39-32)29-15-7-5-8-16-29/h5-10,13-19,26H,11-12,20-24H2,1-4H3,(H,36,37,38)/t26-/m1/s1. The predicted molar refractivity (Wildman–Crippen MR) is 174 cm³/mol. The van der Waals surface area contributed by atoms with E-state index in [9.17, 15) is 0 Å². The third kappa shape index (κ3) is 5.74. The summed E-state index contributed by atoms with van der Waals surface area (Å²) < 4.78 is 2.14. The van der Waals surface area contributed by atoms with Crippen molar-refractivity contribution in [1.29, 1.82) is 0 Å². The molecule has 3 aromatic carbocycles. The highest BCUT2D eigenvalue weighted by molar-refractivity contribution is 5.88. The van der Waals surface area contributed by atoms with Gasteiger partial charge in [0.1, 0.15) is 11.6 Å². The second-order valence-electron chi connectivity index (χ2n) is 11.4. The summed E-state index contributed by atoms with van der Waals surface area (Å²) in [4.78, 5) is 19.9. The predicted octanol–water partition coefficient (Wildman–Crippen LogP) is 6.81. The summed E-state index contributed by atoms with van der Waals surface area (Å²) in [6.07, 6.45) is 2.21. The number of piperazine rings is 1. The van der Waals surface area contributed by atoms with Gasteiger partial charge in [0.2, 0.25) is 0 Å². The Bertz CT molecular complexity index is 1650. The molecule has 1 aliphatic rings. The molecule has 0 bridgehead atoms. The van der Waals surface area contributed by atoms with Gasteiger partial charge in [-0.25, -0.2) is 15.0 Å². The summed E-state index contributed by atoms with van der Waals surface area (Å²) in [5, 5.41) is 3.61. The van der Waals surface area contributed by atoms with Crippen LogP contribution in [0.25, 0.3) is 28.2 Å². The van der Waals surface area contributed by atoms with E-state index >= 15 is 0 Å². The summed E-state index contributed by atoms with van der Waals surface area (Å²) in [5.74, 6) is 2.41. The monoisotopic (exact) mass is 559 g/mol. The molecule has 3 heterocycles. The minimum absolute atomic E-state index is 0.536. The van der Waals surface area contributed by atoms with Gasteiger partial charge < -0.3 is 10.2 Å². The van der Waals surface area contributed by atoms with E-state index in [4.69, 9.17) is 15.0 Å². The molecule has 1 N–H and O–H groups in total. The van der Waals surface area contributed by atoms with Crippen LogP contribution in [0, 0.1) is 20.8 Å². The number of anilines is 2. The highest BCUT2D eigenvalue weighted by Gasteiger charge is 2.24. The Labute approximate surface area is 249 Å². The van der Waals surface area contributed by atoms with E-state index in [1.165, 1.54) is 16.8 Å². The molecule has 1 aliphatic heterocycles. The fourth-order valence-electron chi connectivity index (χ4n) is 6.06. The average molecular weight is 560 g/mol. The number of aromatic nitrogens is 4. The number of para-hydroxylation sites is 1. The third-order valence-corrected chi connectivity index (χ3v) is 8.51. The normalized spacial score (nSPS) is 15.8. The molecule has 6 rings (SSSR count). The van der Waals surface area contributed by atoms with Gasteiger partial charge in [0.05, 0.1) is 0 Å². The Morgan fingerprint density at radius 3 is 2.33 bits per heavy atom. The first-order valence-corrected chi connectivity index (χ1v) is 15.2. The number of hydrogen-bond acceptors (Lipinski definition) is 6. The zero-order chi connectivity index (χ0) is 29.1. The van der Waals surface area contributed by atoms with Crippen LogP contribution in [0.5, 0.6) is 0 Å². The minimum Gasteiger partial charge on any atom is -0.368 e. The zero-order valence-electron chi connectivity index (χ0n) is 25.2. The van der Waals surface area contributed by atoms with Gasteiger partial charge in [0, 0.05) is 49.2 Å². The van der Waals surface area contributed by atoms with Crippen LogP contribution in [-0.2, 0) is 0 Å². The number of hydrogen-bond donors (Lipinski definition) is 1. The first kappa shape index (κ1) is 27.9. The van der Waals surface area contributed by atoms with Crippen molar-refractivity contribution in [3.63, 3.8) is 0 Å².